The lowest BCUT2D eigenvalue weighted by atomic mass is 9.83. The van der Waals surface area contributed by atoms with Crippen LogP contribution in [0.25, 0.3) is 105 Å². The van der Waals surface area contributed by atoms with Gasteiger partial charge in [0.05, 0.1) is 28.1 Å². The molecule has 0 fully saturated rings. The lowest BCUT2D eigenvalue weighted by molar-refractivity contribution is 1.06. The maximum Gasteiger partial charge on any atom is 0.145 e. The number of nitrogens with zero attached hydrogens (tertiary/aromatic N) is 3. The first kappa shape index (κ1) is 34.6. The van der Waals surface area contributed by atoms with Crippen LogP contribution in [0.4, 0.5) is 17.1 Å². The van der Waals surface area contributed by atoms with Crippen molar-refractivity contribution in [3.05, 3.63) is 224 Å². The van der Waals surface area contributed by atoms with Crippen molar-refractivity contribution in [3.8, 4) is 50.5 Å². The van der Waals surface area contributed by atoms with Gasteiger partial charge in [0.15, 0.2) is 0 Å². The van der Waals surface area contributed by atoms with Crippen LogP contribution in [0.5, 0.6) is 0 Å². The van der Waals surface area contributed by atoms with Gasteiger partial charge in [0, 0.05) is 11.3 Å². The van der Waals surface area contributed by atoms with Crippen LogP contribution in [0, 0.1) is 0 Å². The average Bonchev–Trinajstić information content (AvgIpc) is 3.74. The summed E-state index contributed by atoms with van der Waals surface area (Å²) in [6, 6.07) is 81.9. The minimum Gasteiger partial charge on any atom is -0.306 e. The third-order valence-electron chi connectivity index (χ3n) is 12.9. The van der Waals surface area contributed by atoms with Gasteiger partial charge in [-0.15, -0.1) is 0 Å². The average molecular weight is 788 g/mol. The van der Waals surface area contributed by atoms with Crippen molar-refractivity contribution in [3.63, 3.8) is 0 Å². The Bertz CT molecular complexity index is 3740. The molecule has 1 aliphatic heterocycles. The van der Waals surface area contributed by atoms with Crippen molar-refractivity contribution < 1.29 is 0 Å². The van der Waals surface area contributed by atoms with Gasteiger partial charge in [-0.05, 0) is 119 Å². The fraction of sp³-hybridized carbons (Fsp3) is 0. The predicted octanol–water partition coefficient (Wildman–Crippen LogP) is 16.1. The van der Waals surface area contributed by atoms with Crippen LogP contribution < -0.4 is 4.90 Å². The standard InChI is InChI=1S/C59H37N3/c1-3-18-40(19-4-1)59-60-52-30-15-31-54-58(52)62(59)53-35-33-42(37-55(53)61(54)43-22-5-2-6-23-43)41-32-34-50-51(36-41)57(47-29-14-21-39-17-8-10-25-45(39)47)49-27-12-11-26-48(49)56(50)46-28-13-20-38-16-7-9-24-44(38)46/h1-37H. The Morgan fingerprint density at radius 1 is 0.323 bits per heavy atom. The van der Waals surface area contributed by atoms with E-state index >= 15 is 0 Å². The topological polar surface area (TPSA) is 21.1 Å². The lowest BCUT2D eigenvalue weighted by Gasteiger charge is -2.33. The summed E-state index contributed by atoms with van der Waals surface area (Å²) in [5.74, 6) is 0.938. The first-order valence-corrected chi connectivity index (χ1v) is 21.3. The summed E-state index contributed by atoms with van der Waals surface area (Å²) in [5.41, 5.74) is 14.9. The van der Waals surface area contributed by atoms with E-state index < -0.39 is 0 Å². The Kier molecular flexibility index (Phi) is 7.60. The highest BCUT2D eigenvalue weighted by molar-refractivity contribution is 6.25. The molecule has 288 valence electrons. The summed E-state index contributed by atoms with van der Waals surface area (Å²) in [7, 11) is 0. The van der Waals surface area contributed by atoms with Crippen LogP contribution >= 0.6 is 0 Å². The molecule has 3 heteroatoms. The molecular weight excluding hydrogens is 751 g/mol. The van der Waals surface area contributed by atoms with Gasteiger partial charge in [0.25, 0.3) is 0 Å². The normalized spacial score (nSPS) is 12.2. The Hall–Kier alpha value is -8.27. The van der Waals surface area contributed by atoms with Crippen molar-refractivity contribution in [2.75, 3.05) is 4.90 Å². The second-order valence-corrected chi connectivity index (χ2v) is 16.3. The molecule has 13 rings (SSSR count). The quantitative estimate of drug-likeness (QED) is 0.162. The fourth-order valence-electron chi connectivity index (χ4n) is 10.2. The maximum absolute atomic E-state index is 5.27. The molecular formula is C59H37N3. The molecule has 0 unspecified atom stereocenters. The zero-order valence-electron chi connectivity index (χ0n) is 33.7. The van der Waals surface area contributed by atoms with Crippen molar-refractivity contribution >= 4 is 71.2 Å². The molecule has 1 aliphatic rings. The van der Waals surface area contributed by atoms with Gasteiger partial charge in [0.2, 0.25) is 0 Å². The molecule has 0 atom stereocenters. The molecule has 12 aromatic rings. The zero-order valence-corrected chi connectivity index (χ0v) is 33.7. The van der Waals surface area contributed by atoms with Gasteiger partial charge in [-0.25, -0.2) is 4.98 Å². The van der Waals surface area contributed by atoms with Crippen LogP contribution in [0.2, 0.25) is 0 Å². The molecule has 0 saturated heterocycles. The third kappa shape index (κ3) is 5.15. The number of aromatic nitrogens is 2. The molecule has 0 N–H and O–H groups in total. The van der Waals surface area contributed by atoms with Crippen LogP contribution in [-0.4, -0.2) is 9.55 Å². The first-order valence-electron chi connectivity index (χ1n) is 21.3. The van der Waals surface area contributed by atoms with Crippen LogP contribution in [0.3, 0.4) is 0 Å². The molecule has 0 bridgehead atoms. The van der Waals surface area contributed by atoms with Crippen molar-refractivity contribution in [1.29, 1.82) is 0 Å². The molecule has 2 heterocycles. The molecule has 0 radical (unpaired) electrons. The van der Waals surface area contributed by atoms with Gasteiger partial charge in [-0.1, -0.05) is 182 Å². The highest BCUT2D eigenvalue weighted by atomic mass is 15.2. The number of benzene rings is 11. The number of rotatable bonds is 5. The minimum absolute atomic E-state index is 0.938. The Balaban J connectivity index is 1.11. The number of imidazole rings is 1. The molecule has 0 amide bonds. The second kappa shape index (κ2) is 13.6. The van der Waals surface area contributed by atoms with Crippen LogP contribution in [-0.2, 0) is 0 Å². The third-order valence-corrected chi connectivity index (χ3v) is 12.9. The minimum atomic E-state index is 0.938. The molecule has 3 nitrogen and oxygen atoms in total. The fourth-order valence-corrected chi connectivity index (χ4v) is 10.2. The first-order chi connectivity index (χ1) is 30.8. The second-order valence-electron chi connectivity index (χ2n) is 16.3. The summed E-state index contributed by atoms with van der Waals surface area (Å²) < 4.78 is 2.36. The summed E-state index contributed by atoms with van der Waals surface area (Å²) in [6.07, 6.45) is 0. The Morgan fingerprint density at radius 3 is 1.55 bits per heavy atom. The summed E-state index contributed by atoms with van der Waals surface area (Å²) in [6.45, 7) is 0. The van der Waals surface area contributed by atoms with Gasteiger partial charge in [0.1, 0.15) is 5.82 Å². The lowest BCUT2D eigenvalue weighted by Crippen LogP contribution is -2.18. The number of hydrogen-bond acceptors (Lipinski definition) is 2. The van der Waals surface area contributed by atoms with E-state index in [0.29, 0.717) is 0 Å². The van der Waals surface area contributed by atoms with E-state index in [0.717, 1.165) is 56.3 Å². The van der Waals surface area contributed by atoms with Crippen LogP contribution in [0.15, 0.2) is 224 Å². The van der Waals surface area contributed by atoms with E-state index in [4.69, 9.17) is 4.98 Å². The number of anilines is 3. The number of para-hydroxylation sites is 2. The largest absolute Gasteiger partial charge is 0.306 e. The monoisotopic (exact) mass is 787 g/mol. The van der Waals surface area contributed by atoms with E-state index in [1.54, 1.807) is 0 Å². The van der Waals surface area contributed by atoms with Gasteiger partial charge in [-0.2, -0.15) is 0 Å². The van der Waals surface area contributed by atoms with Crippen molar-refractivity contribution in [2.24, 2.45) is 0 Å². The van der Waals surface area contributed by atoms with E-state index in [1.807, 2.05) is 0 Å². The summed E-state index contributed by atoms with van der Waals surface area (Å²) >= 11 is 0. The van der Waals surface area contributed by atoms with Gasteiger partial charge < -0.3 is 4.90 Å². The Morgan fingerprint density at radius 2 is 0.855 bits per heavy atom. The Labute approximate surface area is 359 Å². The number of fused-ring (bicyclic) bond motifs is 6. The predicted molar refractivity (Wildman–Crippen MR) is 261 cm³/mol. The van der Waals surface area contributed by atoms with Crippen molar-refractivity contribution in [1.82, 2.24) is 9.55 Å². The molecule has 0 saturated carbocycles. The van der Waals surface area contributed by atoms with E-state index in [9.17, 15) is 0 Å². The molecule has 1 aromatic heterocycles. The zero-order chi connectivity index (χ0) is 40.7. The van der Waals surface area contributed by atoms with E-state index in [1.165, 1.54) is 65.3 Å². The summed E-state index contributed by atoms with van der Waals surface area (Å²) in [5, 5.41) is 9.92. The molecule has 0 spiro atoms. The molecule has 11 aromatic carbocycles. The SMILES string of the molecule is c1ccc(-c2nc3cccc4c3n2-c2ccc(-c3ccc5c(-c6cccc7ccccc67)c6ccccc6c(-c6cccc7ccccc67)c5c3)cc2N4c2ccccc2)cc1. The summed E-state index contributed by atoms with van der Waals surface area (Å²) in [4.78, 5) is 7.68. The highest BCUT2D eigenvalue weighted by Gasteiger charge is 2.30. The van der Waals surface area contributed by atoms with E-state index in [-0.39, 0.29) is 0 Å². The van der Waals surface area contributed by atoms with Crippen LogP contribution in [0.1, 0.15) is 0 Å². The molecule has 62 heavy (non-hydrogen) atoms. The van der Waals surface area contributed by atoms with Crippen molar-refractivity contribution in [2.45, 2.75) is 0 Å². The van der Waals surface area contributed by atoms with Gasteiger partial charge in [-0.3, -0.25) is 4.57 Å². The molecule has 0 aliphatic carbocycles. The van der Waals surface area contributed by atoms with E-state index in [2.05, 4.69) is 234 Å². The maximum atomic E-state index is 5.27. The number of hydrogen-bond donors (Lipinski definition) is 0. The smallest absolute Gasteiger partial charge is 0.145 e. The highest BCUT2D eigenvalue weighted by Crippen LogP contribution is 2.51. The van der Waals surface area contributed by atoms with Gasteiger partial charge >= 0.3 is 0 Å².